The number of carbonyl (C=O) groups is 1. The van der Waals surface area contributed by atoms with Crippen molar-refractivity contribution in [1.82, 2.24) is 5.32 Å². The van der Waals surface area contributed by atoms with Gasteiger partial charge >= 0.3 is 5.97 Å². The molecule has 0 amide bonds. The lowest BCUT2D eigenvalue weighted by molar-refractivity contribution is -0.143. The minimum absolute atomic E-state index is 0. The Hall–Kier alpha value is 0.0749. The molecule has 3 nitrogen and oxygen atoms in total. The van der Waals surface area contributed by atoms with E-state index in [1.54, 1.807) is 0 Å². The van der Waals surface area contributed by atoms with Crippen LogP contribution in [0.5, 0.6) is 0 Å². The van der Waals surface area contributed by atoms with Gasteiger partial charge in [0.25, 0.3) is 0 Å². The molecule has 1 rings (SSSR count). The largest absolute Gasteiger partial charge is 0.481 e. The number of hydrogen-bond acceptors (Lipinski definition) is 2. The van der Waals surface area contributed by atoms with Gasteiger partial charge in [-0.2, -0.15) is 0 Å². The number of carboxylic acid groups (broad SMARTS) is 1. The predicted octanol–water partition coefficient (Wildman–Crippen LogP) is 2.43. The summed E-state index contributed by atoms with van der Waals surface area (Å²) in [5, 5.41) is 11.5. The summed E-state index contributed by atoms with van der Waals surface area (Å²) in [6.45, 7) is 3.84. The third-order valence-corrected chi connectivity index (χ3v) is 3.41. The lowest BCUT2D eigenvalue weighted by atomic mass is 9.56. The molecule has 1 atom stereocenters. The van der Waals surface area contributed by atoms with Gasteiger partial charge in [0.1, 0.15) is 0 Å². The van der Waals surface area contributed by atoms with Gasteiger partial charge in [-0.25, -0.2) is 0 Å². The van der Waals surface area contributed by atoms with Crippen LogP contribution in [0.1, 0.15) is 39.0 Å². The van der Waals surface area contributed by atoms with Gasteiger partial charge in [0.05, 0.1) is 7.85 Å². The van der Waals surface area contributed by atoms with Crippen LogP contribution < -0.4 is 5.32 Å². The summed E-state index contributed by atoms with van der Waals surface area (Å²) in [6, 6.07) is 0. The van der Waals surface area contributed by atoms with E-state index >= 15 is 0 Å². The van der Waals surface area contributed by atoms with Gasteiger partial charge in [0, 0.05) is 5.31 Å². The number of piperidine rings is 1. The molecule has 2 radical (unpaired) electrons. The van der Waals surface area contributed by atoms with Gasteiger partial charge in [-0.05, 0) is 38.3 Å². The monoisotopic (exact) mass is 281 g/mol. The fourth-order valence-corrected chi connectivity index (χ4v) is 2.29. The Balaban J connectivity index is 0. The normalized spacial score (nSPS) is 19.6. The number of rotatable bonds is 5. The number of unbranched alkanes of at least 4 members (excludes halogenated alkanes) is 1. The second kappa shape index (κ2) is 9.06. The highest BCUT2D eigenvalue weighted by atomic mass is 35.5. The Morgan fingerprint density at radius 1 is 1.41 bits per heavy atom. The lowest BCUT2D eigenvalue weighted by Crippen LogP contribution is -2.39. The zero-order valence-electron chi connectivity index (χ0n) is 10.3. The molecule has 0 aliphatic carbocycles. The summed E-state index contributed by atoms with van der Waals surface area (Å²) in [4.78, 5) is 11.3. The lowest BCUT2D eigenvalue weighted by Gasteiger charge is -2.37. The first kappa shape index (κ1) is 19.4. The van der Waals surface area contributed by atoms with Gasteiger partial charge in [-0.15, -0.1) is 24.8 Å². The van der Waals surface area contributed by atoms with Crippen LogP contribution in [-0.2, 0) is 4.79 Å². The fraction of sp³-hybridized carbons (Fsp3) is 0.909. The summed E-state index contributed by atoms with van der Waals surface area (Å²) < 4.78 is 0. The van der Waals surface area contributed by atoms with E-state index < -0.39 is 11.3 Å². The van der Waals surface area contributed by atoms with Crippen molar-refractivity contribution in [1.29, 1.82) is 0 Å². The van der Waals surface area contributed by atoms with Crippen molar-refractivity contribution in [3.05, 3.63) is 0 Å². The molecule has 17 heavy (non-hydrogen) atoms. The van der Waals surface area contributed by atoms with Crippen molar-refractivity contribution in [2.24, 2.45) is 5.92 Å². The van der Waals surface area contributed by atoms with Crippen LogP contribution >= 0.6 is 24.8 Å². The first-order valence-electron chi connectivity index (χ1n) is 5.84. The Labute approximate surface area is 117 Å². The van der Waals surface area contributed by atoms with Crippen LogP contribution in [0.4, 0.5) is 0 Å². The molecule has 1 saturated heterocycles. The van der Waals surface area contributed by atoms with Gasteiger partial charge < -0.3 is 10.4 Å². The minimum Gasteiger partial charge on any atom is -0.481 e. The maximum Gasteiger partial charge on any atom is 0.300 e. The minimum atomic E-state index is -1.00. The molecule has 1 aliphatic rings. The summed E-state index contributed by atoms with van der Waals surface area (Å²) in [5.41, 5.74) is 0. The second-order valence-corrected chi connectivity index (χ2v) is 4.47. The topological polar surface area (TPSA) is 49.3 Å². The van der Waals surface area contributed by atoms with Crippen molar-refractivity contribution in [3.63, 3.8) is 0 Å². The van der Waals surface area contributed by atoms with Gasteiger partial charge in [0.15, 0.2) is 0 Å². The molecular weight excluding hydrogens is 260 g/mol. The van der Waals surface area contributed by atoms with Crippen LogP contribution in [0.15, 0.2) is 0 Å². The van der Waals surface area contributed by atoms with Crippen molar-refractivity contribution < 1.29 is 9.90 Å². The quantitative estimate of drug-likeness (QED) is 0.761. The molecule has 1 aliphatic heterocycles. The Bertz CT molecular complexity index is 226. The molecule has 0 spiro atoms. The highest BCUT2D eigenvalue weighted by molar-refractivity contribution is 6.26. The molecule has 0 bridgehead atoms. The average molecular weight is 282 g/mol. The van der Waals surface area contributed by atoms with Gasteiger partial charge in [-0.1, -0.05) is 19.8 Å². The third-order valence-electron chi connectivity index (χ3n) is 3.41. The summed E-state index contributed by atoms with van der Waals surface area (Å²) in [5.74, 6) is -0.703. The molecule has 0 aromatic rings. The van der Waals surface area contributed by atoms with E-state index in [4.69, 9.17) is 7.85 Å². The molecule has 2 N–H and O–H groups in total. The van der Waals surface area contributed by atoms with E-state index in [1.165, 1.54) is 0 Å². The number of hydrogen-bond donors (Lipinski definition) is 2. The molecule has 1 heterocycles. The predicted molar refractivity (Wildman–Crippen MR) is 75.7 cm³/mol. The van der Waals surface area contributed by atoms with E-state index in [2.05, 4.69) is 12.2 Å². The number of aliphatic carboxylic acids is 1. The van der Waals surface area contributed by atoms with Crippen molar-refractivity contribution in [3.8, 4) is 0 Å². The maximum absolute atomic E-state index is 11.3. The average Bonchev–Trinajstić information content (AvgIpc) is 2.27. The molecule has 1 unspecified atom stereocenters. The second-order valence-electron chi connectivity index (χ2n) is 4.47. The molecule has 1 fully saturated rings. The van der Waals surface area contributed by atoms with Crippen molar-refractivity contribution >= 4 is 38.6 Å². The summed E-state index contributed by atoms with van der Waals surface area (Å²) in [7, 11) is 6.07. The Kier molecular flexibility index (Phi) is 10.4. The standard InChI is InChI=1S/C11H20BNO2.2ClH/c1-2-3-6-11(12,10(14)15)9-4-7-13-8-5-9;;/h9,13H,2-8H2,1H3,(H,14,15);2*1H. The van der Waals surface area contributed by atoms with Crippen LogP contribution in [0.3, 0.4) is 0 Å². The number of carboxylic acids is 1. The van der Waals surface area contributed by atoms with Crippen LogP contribution in [0.2, 0.25) is 5.31 Å². The third kappa shape index (κ3) is 5.06. The molecule has 0 saturated carbocycles. The van der Waals surface area contributed by atoms with Gasteiger partial charge in [-0.3, -0.25) is 4.79 Å². The molecule has 0 aromatic heterocycles. The van der Waals surface area contributed by atoms with Crippen LogP contribution in [0, 0.1) is 5.92 Å². The van der Waals surface area contributed by atoms with E-state index in [1.807, 2.05) is 0 Å². The zero-order valence-corrected chi connectivity index (χ0v) is 11.9. The molecular formula is C11H22BCl2NO2. The van der Waals surface area contributed by atoms with E-state index in [0.29, 0.717) is 6.42 Å². The first-order chi connectivity index (χ1) is 7.11. The fourth-order valence-electron chi connectivity index (χ4n) is 2.29. The summed E-state index contributed by atoms with van der Waals surface area (Å²) >= 11 is 0. The molecule has 6 heteroatoms. The first-order valence-corrected chi connectivity index (χ1v) is 5.84. The summed E-state index contributed by atoms with van der Waals surface area (Å²) in [6.07, 6.45) is 4.26. The Morgan fingerprint density at radius 2 is 1.94 bits per heavy atom. The smallest absolute Gasteiger partial charge is 0.300 e. The van der Waals surface area contributed by atoms with Gasteiger partial charge in [0.2, 0.25) is 0 Å². The SMILES string of the molecule is Cl.Cl.[B]C(CCCC)(C(=O)O)C1CCNCC1. The highest BCUT2D eigenvalue weighted by Gasteiger charge is 2.40. The van der Waals surface area contributed by atoms with Crippen molar-refractivity contribution in [2.75, 3.05) is 13.1 Å². The Morgan fingerprint density at radius 3 is 2.35 bits per heavy atom. The number of nitrogens with one attached hydrogen (secondary N) is 1. The van der Waals surface area contributed by atoms with E-state index in [0.717, 1.165) is 38.8 Å². The van der Waals surface area contributed by atoms with E-state index in [9.17, 15) is 9.90 Å². The zero-order chi connectivity index (χ0) is 11.3. The van der Waals surface area contributed by atoms with E-state index in [-0.39, 0.29) is 30.7 Å². The maximum atomic E-state index is 11.3. The van der Waals surface area contributed by atoms with Crippen molar-refractivity contribution in [2.45, 2.75) is 44.3 Å². The number of halogens is 2. The van der Waals surface area contributed by atoms with Crippen LogP contribution in [-0.4, -0.2) is 32.0 Å². The molecule has 0 aromatic carbocycles. The molecule has 100 valence electrons. The highest BCUT2D eigenvalue weighted by Crippen LogP contribution is 2.42. The van der Waals surface area contributed by atoms with Crippen LogP contribution in [0.25, 0.3) is 0 Å².